The number of amides is 1. The lowest BCUT2D eigenvalue weighted by molar-refractivity contribution is 0.101. The average Bonchev–Trinajstić information content (AvgIpc) is 2.74. The third-order valence-electron chi connectivity index (χ3n) is 2.99. The molecule has 0 radical (unpaired) electrons. The quantitative estimate of drug-likeness (QED) is 0.779. The molecule has 1 aromatic heterocycles. The number of benzene rings is 1. The molecule has 3 N–H and O–H groups in total. The molecular weight excluding hydrogens is 379 g/mol. The first kappa shape index (κ1) is 16.1. The molecule has 8 heteroatoms. The van der Waals surface area contributed by atoms with E-state index in [0.29, 0.717) is 38.7 Å². The lowest BCUT2D eigenvalue weighted by Crippen LogP contribution is -2.18. The number of carbonyl (C=O) groups is 1. The van der Waals surface area contributed by atoms with Crippen molar-refractivity contribution in [2.75, 3.05) is 11.1 Å². The van der Waals surface area contributed by atoms with Gasteiger partial charge in [-0.2, -0.15) is 5.10 Å². The molecule has 0 spiro atoms. The molecule has 112 valence electrons. The van der Waals surface area contributed by atoms with Crippen molar-refractivity contribution in [3.05, 3.63) is 38.0 Å². The maximum Gasteiger partial charge on any atom is 0.276 e. The Labute approximate surface area is 140 Å². The minimum Gasteiger partial charge on any atom is -0.395 e. The lowest BCUT2D eigenvalue weighted by atomic mass is 10.2. The summed E-state index contributed by atoms with van der Waals surface area (Å²) >= 11 is 15.4. The first-order valence-electron chi connectivity index (χ1n) is 6.13. The number of hydrogen-bond donors (Lipinski definition) is 2. The van der Waals surface area contributed by atoms with Gasteiger partial charge in [0.1, 0.15) is 5.69 Å². The van der Waals surface area contributed by atoms with E-state index < -0.39 is 0 Å². The van der Waals surface area contributed by atoms with Crippen LogP contribution in [0.3, 0.4) is 0 Å². The molecule has 2 aromatic rings. The van der Waals surface area contributed by atoms with E-state index in [-0.39, 0.29) is 10.9 Å². The third kappa shape index (κ3) is 3.02. The van der Waals surface area contributed by atoms with Crippen LogP contribution < -0.4 is 11.1 Å². The van der Waals surface area contributed by atoms with Crippen LogP contribution in [-0.2, 0) is 13.5 Å². The zero-order chi connectivity index (χ0) is 15.7. The number of anilines is 2. The van der Waals surface area contributed by atoms with Crippen molar-refractivity contribution in [2.45, 2.75) is 13.3 Å². The summed E-state index contributed by atoms with van der Waals surface area (Å²) in [5.41, 5.74) is 7.71. The van der Waals surface area contributed by atoms with Gasteiger partial charge in [-0.3, -0.25) is 9.48 Å². The molecule has 1 heterocycles. The van der Waals surface area contributed by atoms with Gasteiger partial charge in [0.05, 0.1) is 27.1 Å². The minimum absolute atomic E-state index is 0.260. The number of aromatic nitrogens is 2. The smallest absolute Gasteiger partial charge is 0.276 e. The maximum absolute atomic E-state index is 12.4. The zero-order valence-electron chi connectivity index (χ0n) is 11.4. The van der Waals surface area contributed by atoms with Gasteiger partial charge in [0.15, 0.2) is 0 Å². The number of nitrogen functional groups attached to an aromatic ring is 1. The Hall–Kier alpha value is -1.24. The highest BCUT2D eigenvalue weighted by atomic mass is 79.9. The van der Waals surface area contributed by atoms with E-state index in [1.165, 1.54) is 4.68 Å². The van der Waals surface area contributed by atoms with E-state index in [1.54, 1.807) is 19.2 Å². The van der Waals surface area contributed by atoms with Crippen molar-refractivity contribution < 1.29 is 4.79 Å². The number of aryl methyl sites for hydroxylation is 2. The van der Waals surface area contributed by atoms with Gasteiger partial charge in [0, 0.05) is 11.5 Å². The van der Waals surface area contributed by atoms with Crippen LogP contribution in [-0.4, -0.2) is 15.7 Å². The predicted molar refractivity (Wildman–Crippen MR) is 89.1 cm³/mol. The van der Waals surface area contributed by atoms with E-state index in [9.17, 15) is 4.79 Å². The SMILES string of the molecule is CCc1nn(C)c(C(=O)Nc2ccc(Br)c(Cl)c2Cl)c1N. The van der Waals surface area contributed by atoms with Crippen LogP contribution >= 0.6 is 39.1 Å². The molecule has 0 aliphatic rings. The molecule has 0 aliphatic carbocycles. The normalized spacial score (nSPS) is 10.7. The first-order chi connectivity index (χ1) is 9.86. The highest BCUT2D eigenvalue weighted by Gasteiger charge is 2.20. The van der Waals surface area contributed by atoms with Crippen molar-refractivity contribution in [3.63, 3.8) is 0 Å². The van der Waals surface area contributed by atoms with Crippen LogP contribution in [0.25, 0.3) is 0 Å². The lowest BCUT2D eigenvalue weighted by Gasteiger charge is -2.10. The third-order valence-corrected chi connectivity index (χ3v) is 4.76. The number of halogens is 3. The number of nitrogens with one attached hydrogen (secondary N) is 1. The second kappa shape index (κ2) is 6.25. The fourth-order valence-electron chi connectivity index (χ4n) is 1.93. The molecule has 21 heavy (non-hydrogen) atoms. The van der Waals surface area contributed by atoms with E-state index in [0.717, 1.165) is 0 Å². The zero-order valence-corrected chi connectivity index (χ0v) is 14.5. The molecule has 0 bridgehead atoms. The molecule has 0 unspecified atom stereocenters. The maximum atomic E-state index is 12.4. The van der Waals surface area contributed by atoms with Crippen LogP contribution in [0.5, 0.6) is 0 Å². The van der Waals surface area contributed by atoms with E-state index in [1.807, 2.05) is 6.92 Å². The Morgan fingerprint density at radius 2 is 2.10 bits per heavy atom. The molecule has 0 atom stereocenters. The molecular formula is C13H13BrCl2N4O. The molecule has 0 aliphatic heterocycles. The first-order valence-corrected chi connectivity index (χ1v) is 7.67. The molecule has 2 rings (SSSR count). The van der Waals surface area contributed by atoms with Gasteiger partial charge in [-0.1, -0.05) is 30.1 Å². The fourth-order valence-corrected chi connectivity index (χ4v) is 2.75. The number of nitrogens with two attached hydrogens (primary N) is 1. The van der Waals surface area contributed by atoms with E-state index in [4.69, 9.17) is 28.9 Å². The van der Waals surface area contributed by atoms with Crippen molar-refractivity contribution in [1.29, 1.82) is 0 Å². The molecule has 0 saturated carbocycles. The summed E-state index contributed by atoms with van der Waals surface area (Å²) in [6.07, 6.45) is 0.651. The fraction of sp³-hybridized carbons (Fsp3) is 0.231. The highest BCUT2D eigenvalue weighted by Crippen LogP contribution is 2.36. The Bertz CT molecular complexity index is 715. The second-order valence-corrected chi connectivity index (χ2v) is 5.97. The predicted octanol–water partition coefficient (Wildman–Crippen LogP) is 3.89. The Morgan fingerprint density at radius 1 is 1.43 bits per heavy atom. The molecule has 0 fully saturated rings. The van der Waals surface area contributed by atoms with Crippen LogP contribution in [0.15, 0.2) is 16.6 Å². The van der Waals surface area contributed by atoms with Crippen LogP contribution in [0, 0.1) is 0 Å². The van der Waals surface area contributed by atoms with Gasteiger partial charge in [-0.05, 0) is 34.5 Å². The summed E-state index contributed by atoms with van der Waals surface area (Å²) < 4.78 is 2.11. The number of rotatable bonds is 3. The molecule has 0 saturated heterocycles. The van der Waals surface area contributed by atoms with Gasteiger partial charge < -0.3 is 11.1 Å². The van der Waals surface area contributed by atoms with Crippen molar-refractivity contribution in [2.24, 2.45) is 7.05 Å². The van der Waals surface area contributed by atoms with Crippen molar-refractivity contribution in [3.8, 4) is 0 Å². The summed E-state index contributed by atoms with van der Waals surface area (Å²) in [4.78, 5) is 12.4. The number of nitrogens with zero attached hydrogens (tertiary/aromatic N) is 2. The molecule has 1 amide bonds. The van der Waals surface area contributed by atoms with Crippen LogP contribution in [0.1, 0.15) is 23.1 Å². The Kier molecular flexibility index (Phi) is 4.81. The van der Waals surface area contributed by atoms with Gasteiger partial charge in [0.2, 0.25) is 0 Å². The minimum atomic E-state index is -0.387. The van der Waals surface area contributed by atoms with Crippen molar-refractivity contribution in [1.82, 2.24) is 9.78 Å². The number of carbonyl (C=O) groups excluding carboxylic acids is 1. The van der Waals surface area contributed by atoms with Gasteiger partial charge in [0.25, 0.3) is 5.91 Å². The van der Waals surface area contributed by atoms with Gasteiger partial charge in [-0.25, -0.2) is 0 Å². The van der Waals surface area contributed by atoms with Gasteiger partial charge >= 0.3 is 0 Å². The Balaban J connectivity index is 2.35. The molecule has 5 nitrogen and oxygen atoms in total. The summed E-state index contributed by atoms with van der Waals surface area (Å²) in [6, 6.07) is 3.36. The second-order valence-electron chi connectivity index (χ2n) is 4.36. The summed E-state index contributed by atoms with van der Waals surface area (Å²) in [5, 5.41) is 7.50. The Morgan fingerprint density at radius 3 is 2.67 bits per heavy atom. The molecule has 1 aromatic carbocycles. The highest BCUT2D eigenvalue weighted by molar-refractivity contribution is 9.10. The average molecular weight is 392 g/mol. The van der Waals surface area contributed by atoms with E-state index >= 15 is 0 Å². The largest absolute Gasteiger partial charge is 0.395 e. The standard InChI is InChI=1S/C13H13BrCl2N4O/c1-3-7-11(17)12(20(2)19-7)13(21)18-8-5-4-6(14)9(15)10(8)16/h4-5H,3,17H2,1-2H3,(H,18,21). The topological polar surface area (TPSA) is 72.9 Å². The number of hydrogen-bond acceptors (Lipinski definition) is 3. The summed E-state index contributed by atoms with van der Waals surface area (Å²) in [6.45, 7) is 1.92. The van der Waals surface area contributed by atoms with Gasteiger partial charge in [-0.15, -0.1) is 0 Å². The van der Waals surface area contributed by atoms with E-state index in [2.05, 4.69) is 26.3 Å². The van der Waals surface area contributed by atoms with Crippen LogP contribution in [0.2, 0.25) is 10.0 Å². The summed E-state index contributed by atoms with van der Waals surface area (Å²) in [5.74, 6) is -0.387. The van der Waals surface area contributed by atoms with Crippen LogP contribution in [0.4, 0.5) is 11.4 Å². The monoisotopic (exact) mass is 390 g/mol. The van der Waals surface area contributed by atoms with Crippen molar-refractivity contribution >= 4 is 56.4 Å². The summed E-state index contributed by atoms with van der Waals surface area (Å²) in [7, 11) is 1.67.